The minimum absolute atomic E-state index is 0. The summed E-state index contributed by atoms with van der Waals surface area (Å²) in [7, 11) is 3.22. The first-order valence-electron chi connectivity index (χ1n) is 5.41. The van der Waals surface area contributed by atoms with E-state index < -0.39 is 5.82 Å². The molecule has 1 aromatic carbocycles. The molecule has 0 aliphatic rings. The number of likely N-dealkylation sites (N-methyl/N-ethyl adjacent to an activating group) is 1. The number of carbonyl (C=O) groups is 1. The molecule has 1 aromatic rings. The molecule has 0 heterocycles. The van der Waals surface area contributed by atoms with Gasteiger partial charge in [0.15, 0.2) is 11.6 Å². The van der Waals surface area contributed by atoms with Gasteiger partial charge in [-0.2, -0.15) is 0 Å². The number of hydrogen-bond donors (Lipinski definition) is 2. The van der Waals surface area contributed by atoms with Crippen molar-refractivity contribution < 1.29 is 13.9 Å². The molecule has 1 amide bonds. The molecule has 0 saturated heterocycles. The zero-order valence-electron chi connectivity index (χ0n) is 10.5. The number of methoxy groups -OCH3 is 1. The van der Waals surface area contributed by atoms with Crippen LogP contribution in [0.3, 0.4) is 0 Å². The van der Waals surface area contributed by atoms with Gasteiger partial charge in [0.1, 0.15) is 0 Å². The van der Waals surface area contributed by atoms with Crippen molar-refractivity contribution in [1.29, 1.82) is 0 Å². The average molecular weight is 277 g/mol. The van der Waals surface area contributed by atoms with Gasteiger partial charge in [-0.1, -0.05) is 6.07 Å². The first kappa shape index (κ1) is 16.7. The first-order chi connectivity index (χ1) is 8.17. The molecule has 18 heavy (non-hydrogen) atoms. The Morgan fingerprint density at radius 1 is 1.39 bits per heavy atom. The van der Waals surface area contributed by atoms with E-state index in [2.05, 4.69) is 10.6 Å². The summed E-state index contributed by atoms with van der Waals surface area (Å²) in [4.78, 5) is 11.5. The van der Waals surface area contributed by atoms with Crippen LogP contribution in [0.15, 0.2) is 18.2 Å². The first-order valence-corrected chi connectivity index (χ1v) is 5.41. The van der Waals surface area contributed by atoms with E-state index >= 15 is 0 Å². The summed E-state index contributed by atoms with van der Waals surface area (Å²) in [6.45, 7) is 1.27. The van der Waals surface area contributed by atoms with Crippen LogP contribution in [0.4, 0.5) is 4.39 Å². The third-order valence-corrected chi connectivity index (χ3v) is 2.28. The minimum atomic E-state index is -0.451. The van der Waals surface area contributed by atoms with Crippen molar-refractivity contribution >= 4 is 18.3 Å². The maximum atomic E-state index is 13.3. The average Bonchev–Trinajstić information content (AvgIpc) is 2.29. The lowest BCUT2D eigenvalue weighted by molar-refractivity contribution is -0.120. The van der Waals surface area contributed by atoms with E-state index in [9.17, 15) is 9.18 Å². The van der Waals surface area contributed by atoms with Gasteiger partial charge < -0.3 is 15.4 Å². The molecule has 6 heteroatoms. The molecule has 2 N–H and O–H groups in total. The zero-order valence-corrected chi connectivity index (χ0v) is 11.3. The third-order valence-electron chi connectivity index (χ3n) is 2.28. The predicted octanol–water partition coefficient (Wildman–Crippen LogP) is 1.13. The number of rotatable bonds is 6. The quantitative estimate of drug-likeness (QED) is 0.766. The van der Waals surface area contributed by atoms with Crippen LogP contribution in [0.5, 0.6) is 5.75 Å². The second kappa shape index (κ2) is 8.72. The zero-order chi connectivity index (χ0) is 12.7. The fourth-order valence-corrected chi connectivity index (χ4v) is 1.39. The monoisotopic (exact) mass is 276 g/mol. The number of nitrogens with one attached hydrogen (secondary N) is 2. The highest BCUT2D eigenvalue weighted by Gasteiger charge is 2.07. The SMILES string of the molecule is CNCCNC(=O)Cc1ccc(OC)c(F)c1.Cl. The van der Waals surface area contributed by atoms with E-state index in [-0.39, 0.29) is 30.5 Å². The second-order valence-electron chi connectivity index (χ2n) is 3.60. The Bertz CT molecular complexity index is 388. The lowest BCUT2D eigenvalue weighted by Crippen LogP contribution is -2.31. The molecule has 0 atom stereocenters. The Balaban J connectivity index is 0.00000289. The minimum Gasteiger partial charge on any atom is -0.494 e. The Labute approximate surface area is 112 Å². The van der Waals surface area contributed by atoms with Gasteiger partial charge in [-0.05, 0) is 24.7 Å². The normalized spacial score (nSPS) is 9.50. The Hall–Kier alpha value is -1.33. The smallest absolute Gasteiger partial charge is 0.224 e. The maximum absolute atomic E-state index is 13.3. The van der Waals surface area contributed by atoms with Gasteiger partial charge in [-0.15, -0.1) is 12.4 Å². The van der Waals surface area contributed by atoms with Crippen LogP contribution < -0.4 is 15.4 Å². The van der Waals surface area contributed by atoms with Crippen LogP contribution in [0, 0.1) is 5.82 Å². The molecule has 1 rings (SSSR count). The van der Waals surface area contributed by atoms with E-state index in [1.807, 2.05) is 7.05 Å². The van der Waals surface area contributed by atoms with Gasteiger partial charge >= 0.3 is 0 Å². The molecule has 0 bridgehead atoms. The van der Waals surface area contributed by atoms with E-state index in [0.29, 0.717) is 18.7 Å². The lowest BCUT2D eigenvalue weighted by atomic mass is 10.1. The maximum Gasteiger partial charge on any atom is 0.224 e. The summed E-state index contributed by atoms with van der Waals surface area (Å²) in [6.07, 6.45) is 0.171. The van der Waals surface area contributed by atoms with Crippen molar-refractivity contribution in [3.05, 3.63) is 29.6 Å². The van der Waals surface area contributed by atoms with Crippen molar-refractivity contribution in [2.75, 3.05) is 27.2 Å². The molecular weight excluding hydrogens is 259 g/mol. The van der Waals surface area contributed by atoms with Crippen LogP contribution >= 0.6 is 12.4 Å². The number of carbonyl (C=O) groups excluding carboxylic acids is 1. The highest BCUT2D eigenvalue weighted by molar-refractivity contribution is 5.85. The molecule has 0 saturated carbocycles. The van der Waals surface area contributed by atoms with Crippen molar-refractivity contribution in [3.63, 3.8) is 0 Å². The van der Waals surface area contributed by atoms with Gasteiger partial charge in [-0.3, -0.25) is 4.79 Å². The summed E-state index contributed by atoms with van der Waals surface area (Å²) in [5.41, 5.74) is 0.630. The number of amides is 1. The van der Waals surface area contributed by atoms with E-state index in [1.165, 1.54) is 19.2 Å². The highest BCUT2D eigenvalue weighted by atomic mass is 35.5. The van der Waals surface area contributed by atoms with Crippen LogP contribution in [-0.2, 0) is 11.2 Å². The Morgan fingerprint density at radius 2 is 2.11 bits per heavy atom. The van der Waals surface area contributed by atoms with Crippen LogP contribution in [-0.4, -0.2) is 33.2 Å². The largest absolute Gasteiger partial charge is 0.494 e. The van der Waals surface area contributed by atoms with E-state index in [0.717, 1.165) is 0 Å². The Kier molecular flexibility index (Phi) is 8.07. The van der Waals surface area contributed by atoms with Crippen molar-refractivity contribution in [2.24, 2.45) is 0 Å². The molecule has 0 radical (unpaired) electrons. The fraction of sp³-hybridized carbons (Fsp3) is 0.417. The molecule has 0 aliphatic heterocycles. The van der Waals surface area contributed by atoms with E-state index in [4.69, 9.17) is 4.74 Å². The number of hydrogen-bond acceptors (Lipinski definition) is 3. The fourth-order valence-electron chi connectivity index (χ4n) is 1.39. The van der Waals surface area contributed by atoms with Gasteiger partial charge in [-0.25, -0.2) is 4.39 Å². The topological polar surface area (TPSA) is 50.4 Å². The van der Waals surface area contributed by atoms with Gasteiger partial charge in [0.2, 0.25) is 5.91 Å². The van der Waals surface area contributed by atoms with Gasteiger partial charge in [0.25, 0.3) is 0 Å². The van der Waals surface area contributed by atoms with Crippen LogP contribution in [0.1, 0.15) is 5.56 Å². The number of halogens is 2. The van der Waals surface area contributed by atoms with Crippen LogP contribution in [0.25, 0.3) is 0 Å². The molecular formula is C12H18ClFN2O2. The van der Waals surface area contributed by atoms with Crippen LogP contribution in [0.2, 0.25) is 0 Å². The van der Waals surface area contributed by atoms with Gasteiger partial charge in [0.05, 0.1) is 13.5 Å². The molecule has 0 unspecified atom stereocenters. The van der Waals surface area contributed by atoms with Crippen molar-refractivity contribution in [1.82, 2.24) is 10.6 Å². The number of benzene rings is 1. The second-order valence-corrected chi connectivity index (χ2v) is 3.60. The standard InChI is InChI=1S/C12H17FN2O2.ClH/c1-14-5-6-15-12(16)8-9-3-4-11(17-2)10(13)7-9;/h3-4,7,14H,5-6,8H2,1-2H3,(H,15,16);1H. The van der Waals surface area contributed by atoms with Crippen molar-refractivity contribution in [3.8, 4) is 5.75 Å². The molecule has 4 nitrogen and oxygen atoms in total. The van der Waals surface area contributed by atoms with Gasteiger partial charge in [0, 0.05) is 13.1 Å². The molecule has 0 aliphatic carbocycles. The third kappa shape index (κ3) is 5.33. The molecule has 0 aromatic heterocycles. The Morgan fingerprint density at radius 3 is 2.67 bits per heavy atom. The predicted molar refractivity (Wildman–Crippen MR) is 70.8 cm³/mol. The van der Waals surface area contributed by atoms with E-state index in [1.54, 1.807) is 6.07 Å². The highest BCUT2D eigenvalue weighted by Crippen LogP contribution is 2.17. The summed E-state index contributed by atoms with van der Waals surface area (Å²) in [5, 5.41) is 5.64. The summed E-state index contributed by atoms with van der Waals surface area (Å²) in [6, 6.07) is 4.52. The summed E-state index contributed by atoms with van der Waals surface area (Å²) in [5.74, 6) is -0.387. The molecule has 0 fully saturated rings. The molecule has 102 valence electrons. The summed E-state index contributed by atoms with van der Waals surface area (Å²) >= 11 is 0. The number of ether oxygens (including phenoxy) is 1. The van der Waals surface area contributed by atoms with Crippen molar-refractivity contribution in [2.45, 2.75) is 6.42 Å². The molecule has 0 spiro atoms. The summed E-state index contributed by atoms with van der Waals surface area (Å²) < 4.78 is 18.1. The lowest BCUT2D eigenvalue weighted by Gasteiger charge is -2.06.